The number of nitrogens with zero attached hydrogens (tertiary/aromatic N) is 2. The minimum atomic E-state index is -0.508. The van der Waals surface area contributed by atoms with E-state index in [2.05, 4.69) is 23.4 Å². The highest BCUT2D eigenvalue weighted by Crippen LogP contribution is 2.41. The van der Waals surface area contributed by atoms with E-state index in [9.17, 15) is 5.11 Å². The summed E-state index contributed by atoms with van der Waals surface area (Å²) in [4.78, 5) is 4.42. The van der Waals surface area contributed by atoms with Gasteiger partial charge in [0.05, 0.1) is 13.2 Å². The third kappa shape index (κ3) is 2.00. The van der Waals surface area contributed by atoms with Crippen LogP contribution in [0.1, 0.15) is 48.9 Å². The topological polar surface area (TPSA) is 47.3 Å². The molecule has 106 valence electrons. The van der Waals surface area contributed by atoms with E-state index in [0.29, 0.717) is 5.92 Å². The Balaban J connectivity index is 1.97. The van der Waals surface area contributed by atoms with E-state index < -0.39 is 6.10 Å². The highest BCUT2D eigenvalue weighted by molar-refractivity contribution is 5.41. The monoisotopic (exact) mass is 272 g/mol. The Labute approximate surface area is 119 Å². The van der Waals surface area contributed by atoms with Crippen LogP contribution < -0.4 is 4.74 Å². The molecule has 0 saturated heterocycles. The molecule has 1 aliphatic rings. The van der Waals surface area contributed by atoms with Crippen molar-refractivity contribution in [3.63, 3.8) is 0 Å². The molecule has 1 aromatic carbocycles. The van der Waals surface area contributed by atoms with Gasteiger partial charge in [0.25, 0.3) is 0 Å². The second-order valence-electron chi connectivity index (χ2n) is 5.63. The van der Waals surface area contributed by atoms with Crippen LogP contribution >= 0.6 is 0 Å². The van der Waals surface area contributed by atoms with E-state index >= 15 is 0 Å². The van der Waals surface area contributed by atoms with Crippen LogP contribution in [0.15, 0.2) is 30.6 Å². The molecule has 4 heteroatoms. The van der Waals surface area contributed by atoms with E-state index in [1.807, 2.05) is 30.6 Å². The number of aromatic nitrogens is 2. The number of hydrogen-bond acceptors (Lipinski definition) is 3. The van der Waals surface area contributed by atoms with Gasteiger partial charge in [0, 0.05) is 18.3 Å². The van der Waals surface area contributed by atoms with Gasteiger partial charge in [-0.2, -0.15) is 0 Å². The van der Waals surface area contributed by atoms with Crippen molar-refractivity contribution in [1.82, 2.24) is 9.55 Å². The van der Waals surface area contributed by atoms with E-state index in [0.717, 1.165) is 23.6 Å². The maximum atomic E-state index is 10.6. The van der Waals surface area contributed by atoms with Gasteiger partial charge >= 0.3 is 0 Å². The first-order valence-corrected chi connectivity index (χ1v) is 6.99. The van der Waals surface area contributed by atoms with Gasteiger partial charge in [0.15, 0.2) is 0 Å². The standard InChI is InChI=1S/C16H20N2O2/c1-10(2)16-17-6-7-18(16)14-8-11-4-5-12(20-3)9-13(11)15(14)19/h4-7,9-10,14-15,19H,8H2,1-3H3. The quantitative estimate of drug-likeness (QED) is 0.934. The van der Waals surface area contributed by atoms with Crippen LogP contribution in [0, 0.1) is 0 Å². The van der Waals surface area contributed by atoms with Crippen molar-refractivity contribution in [1.29, 1.82) is 0 Å². The summed E-state index contributed by atoms with van der Waals surface area (Å²) in [5.74, 6) is 2.16. The van der Waals surface area contributed by atoms with Crippen molar-refractivity contribution in [3.05, 3.63) is 47.5 Å². The van der Waals surface area contributed by atoms with Crippen LogP contribution in [0.2, 0.25) is 0 Å². The summed E-state index contributed by atoms with van der Waals surface area (Å²) < 4.78 is 7.36. The van der Waals surface area contributed by atoms with Gasteiger partial charge in [-0.15, -0.1) is 0 Å². The number of rotatable bonds is 3. The maximum Gasteiger partial charge on any atom is 0.119 e. The Hall–Kier alpha value is -1.81. The maximum absolute atomic E-state index is 10.6. The van der Waals surface area contributed by atoms with Gasteiger partial charge in [-0.25, -0.2) is 4.98 Å². The lowest BCUT2D eigenvalue weighted by Gasteiger charge is -2.20. The van der Waals surface area contributed by atoms with Crippen LogP contribution in [0.4, 0.5) is 0 Å². The van der Waals surface area contributed by atoms with Crippen LogP contribution in [0.3, 0.4) is 0 Å². The van der Waals surface area contributed by atoms with Crippen molar-refractivity contribution in [2.75, 3.05) is 7.11 Å². The molecule has 2 atom stereocenters. The van der Waals surface area contributed by atoms with Gasteiger partial charge in [0.2, 0.25) is 0 Å². The first kappa shape index (κ1) is 13.2. The Morgan fingerprint density at radius 2 is 2.20 bits per heavy atom. The summed E-state index contributed by atoms with van der Waals surface area (Å²) in [6, 6.07) is 5.96. The van der Waals surface area contributed by atoms with Gasteiger partial charge in [-0.05, 0) is 29.7 Å². The summed E-state index contributed by atoms with van der Waals surface area (Å²) in [7, 11) is 1.65. The number of methoxy groups -OCH3 is 1. The fourth-order valence-corrected chi connectivity index (χ4v) is 3.01. The van der Waals surface area contributed by atoms with E-state index in [-0.39, 0.29) is 6.04 Å². The Morgan fingerprint density at radius 1 is 1.40 bits per heavy atom. The fraction of sp³-hybridized carbons (Fsp3) is 0.438. The van der Waals surface area contributed by atoms with Crippen LogP contribution in [0.5, 0.6) is 5.75 Å². The first-order chi connectivity index (χ1) is 9.61. The molecule has 1 aromatic heterocycles. The number of benzene rings is 1. The predicted molar refractivity (Wildman–Crippen MR) is 77.0 cm³/mol. The summed E-state index contributed by atoms with van der Waals surface area (Å²) in [6.07, 6.45) is 4.10. The summed E-state index contributed by atoms with van der Waals surface area (Å²) >= 11 is 0. The van der Waals surface area contributed by atoms with Crippen molar-refractivity contribution in [3.8, 4) is 5.75 Å². The number of ether oxygens (including phenoxy) is 1. The lowest BCUT2D eigenvalue weighted by molar-refractivity contribution is 0.125. The largest absolute Gasteiger partial charge is 0.497 e. The number of fused-ring (bicyclic) bond motifs is 1. The molecule has 0 saturated carbocycles. The number of imidazole rings is 1. The lowest BCUT2D eigenvalue weighted by atomic mass is 10.1. The zero-order chi connectivity index (χ0) is 14.3. The molecule has 1 aliphatic carbocycles. The molecule has 20 heavy (non-hydrogen) atoms. The van der Waals surface area contributed by atoms with Crippen molar-refractivity contribution >= 4 is 0 Å². The molecule has 1 N–H and O–H groups in total. The molecule has 2 aromatic rings. The van der Waals surface area contributed by atoms with E-state index in [1.165, 1.54) is 5.56 Å². The van der Waals surface area contributed by atoms with Gasteiger partial charge in [-0.1, -0.05) is 19.9 Å². The Bertz CT molecular complexity index is 619. The smallest absolute Gasteiger partial charge is 0.119 e. The predicted octanol–water partition coefficient (Wildman–Crippen LogP) is 2.85. The van der Waals surface area contributed by atoms with Crippen molar-refractivity contribution in [2.45, 2.75) is 38.3 Å². The molecule has 0 bridgehead atoms. The number of aliphatic hydroxyl groups is 1. The molecule has 1 heterocycles. The molecular weight excluding hydrogens is 252 g/mol. The van der Waals surface area contributed by atoms with E-state index in [4.69, 9.17) is 4.74 Å². The lowest BCUT2D eigenvalue weighted by Crippen LogP contribution is -2.16. The summed E-state index contributed by atoms with van der Waals surface area (Å²) in [5.41, 5.74) is 2.16. The molecular formula is C16H20N2O2. The van der Waals surface area contributed by atoms with Gasteiger partial charge in [-0.3, -0.25) is 0 Å². The van der Waals surface area contributed by atoms with Gasteiger partial charge < -0.3 is 14.4 Å². The average Bonchev–Trinajstić information content (AvgIpc) is 3.03. The van der Waals surface area contributed by atoms with Crippen LogP contribution in [-0.4, -0.2) is 21.8 Å². The number of hydrogen-bond donors (Lipinski definition) is 1. The first-order valence-electron chi connectivity index (χ1n) is 6.99. The molecule has 3 rings (SSSR count). The molecule has 2 unspecified atom stereocenters. The highest BCUT2D eigenvalue weighted by atomic mass is 16.5. The molecule has 0 aliphatic heterocycles. The molecule has 4 nitrogen and oxygen atoms in total. The van der Waals surface area contributed by atoms with E-state index in [1.54, 1.807) is 7.11 Å². The molecule has 0 spiro atoms. The normalized spacial score (nSPS) is 21.2. The average molecular weight is 272 g/mol. The second-order valence-corrected chi connectivity index (χ2v) is 5.63. The van der Waals surface area contributed by atoms with Gasteiger partial charge in [0.1, 0.15) is 17.7 Å². The number of aliphatic hydroxyl groups excluding tert-OH is 1. The fourth-order valence-electron chi connectivity index (χ4n) is 3.01. The third-order valence-corrected chi connectivity index (χ3v) is 4.04. The van der Waals surface area contributed by atoms with Crippen molar-refractivity contribution < 1.29 is 9.84 Å². The minimum Gasteiger partial charge on any atom is -0.497 e. The molecule has 0 amide bonds. The Kier molecular flexibility index (Phi) is 3.26. The zero-order valence-electron chi connectivity index (χ0n) is 12.1. The third-order valence-electron chi connectivity index (χ3n) is 4.04. The second kappa shape index (κ2) is 4.94. The van der Waals surface area contributed by atoms with Crippen LogP contribution in [-0.2, 0) is 6.42 Å². The molecule has 0 fully saturated rings. The zero-order valence-corrected chi connectivity index (χ0v) is 12.1. The highest BCUT2D eigenvalue weighted by Gasteiger charge is 2.33. The minimum absolute atomic E-state index is 0.0250. The molecule has 0 radical (unpaired) electrons. The summed E-state index contributed by atoms with van der Waals surface area (Å²) in [5, 5.41) is 10.6. The SMILES string of the molecule is COc1ccc2c(c1)C(O)C(n1ccnc1C(C)C)C2. The Morgan fingerprint density at radius 3 is 2.90 bits per heavy atom. The van der Waals surface area contributed by atoms with Crippen LogP contribution in [0.25, 0.3) is 0 Å². The van der Waals surface area contributed by atoms with Crippen molar-refractivity contribution in [2.24, 2.45) is 0 Å². The summed E-state index contributed by atoms with van der Waals surface area (Å²) in [6.45, 7) is 4.24.